The lowest BCUT2D eigenvalue weighted by atomic mass is 10.0. The van der Waals surface area contributed by atoms with Crippen LogP contribution in [-0.2, 0) is 19.5 Å². The van der Waals surface area contributed by atoms with Crippen LogP contribution in [0.2, 0.25) is 0 Å². The Morgan fingerprint density at radius 2 is 1.94 bits per heavy atom. The van der Waals surface area contributed by atoms with E-state index >= 15 is 0 Å². The summed E-state index contributed by atoms with van der Waals surface area (Å²) in [6, 6.07) is 11.0. The van der Waals surface area contributed by atoms with Gasteiger partial charge in [-0.05, 0) is 65.2 Å². The maximum atomic E-state index is 13.0. The zero-order valence-electron chi connectivity index (χ0n) is 18.1. The van der Waals surface area contributed by atoms with Gasteiger partial charge in [0.15, 0.2) is 0 Å². The first-order valence-electron chi connectivity index (χ1n) is 10.7. The van der Waals surface area contributed by atoms with Crippen molar-refractivity contribution in [3.05, 3.63) is 76.6 Å². The highest BCUT2D eigenvalue weighted by Crippen LogP contribution is 2.36. The summed E-state index contributed by atoms with van der Waals surface area (Å²) >= 11 is -0.179. The van der Waals surface area contributed by atoms with Crippen LogP contribution in [0.1, 0.15) is 37.5 Å². The molecule has 0 atom stereocenters. The Morgan fingerprint density at radius 1 is 1.14 bits per heavy atom. The van der Waals surface area contributed by atoms with Crippen molar-refractivity contribution in [3.8, 4) is 0 Å². The molecule has 3 N–H and O–H groups in total. The van der Waals surface area contributed by atoms with Crippen molar-refractivity contribution in [3.63, 3.8) is 0 Å². The molecule has 2 amide bonds. The quantitative estimate of drug-likeness (QED) is 0.359. The molecule has 5 rings (SSSR count). The number of H-pyrrole nitrogens is 2. The average Bonchev–Trinajstić information content (AvgIpc) is 3.48. The van der Waals surface area contributed by atoms with Crippen molar-refractivity contribution >= 4 is 34.6 Å². The van der Waals surface area contributed by atoms with Gasteiger partial charge in [-0.2, -0.15) is 13.2 Å². The Bertz CT molecular complexity index is 1400. The van der Waals surface area contributed by atoms with E-state index in [0.717, 1.165) is 16.6 Å². The van der Waals surface area contributed by atoms with Gasteiger partial charge >= 0.3 is 5.51 Å². The largest absolute Gasteiger partial charge is 0.446 e. The van der Waals surface area contributed by atoms with Gasteiger partial charge in [0.1, 0.15) is 11.2 Å². The van der Waals surface area contributed by atoms with Crippen LogP contribution in [0.25, 0.3) is 11.0 Å². The van der Waals surface area contributed by atoms with E-state index in [4.69, 9.17) is 0 Å². The molecule has 1 aliphatic rings. The van der Waals surface area contributed by atoms with Gasteiger partial charge in [0.05, 0.1) is 5.52 Å². The Morgan fingerprint density at radius 3 is 2.71 bits per heavy atom. The zero-order chi connectivity index (χ0) is 24.6. The number of carbonyl (C=O) groups excluding carboxylic acids is 2. The minimum Gasteiger partial charge on any atom is -0.357 e. The first-order chi connectivity index (χ1) is 16.8. The summed E-state index contributed by atoms with van der Waals surface area (Å²) in [5.41, 5.74) is 0.381. The molecule has 0 radical (unpaired) electrons. The molecule has 0 saturated heterocycles. The smallest absolute Gasteiger partial charge is 0.357 e. The monoisotopic (exact) mass is 500 g/mol. The van der Waals surface area contributed by atoms with Crippen molar-refractivity contribution in [1.29, 1.82) is 0 Å². The summed E-state index contributed by atoms with van der Waals surface area (Å²) in [4.78, 5) is 30.6. The molecule has 0 fully saturated rings. The van der Waals surface area contributed by atoms with E-state index in [1.165, 1.54) is 12.1 Å². The first-order valence-corrected chi connectivity index (χ1v) is 11.5. The number of aromatic amines is 2. The normalized spacial score (nSPS) is 13.6. The fourth-order valence-corrected chi connectivity index (χ4v) is 4.60. The standard InChI is InChI=1S/C23H19F3N6O2S/c24-23(25,26)35-16-4-1-13(2-5-16)10-28-21(33)20-17-7-8-32(12-15(17)11-27-20)22(34)14-3-6-18-19(9-14)30-31-29-18/h1-6,9,11,27H,7-8,10,12H2,(H,28,33)(H,29,30,31). The molecule has 0 aliphatic carbocycles. The van der Waals surface area contributed by atoms with Crippen molar-refractivity contribution < 1.29 is 22.8 Å². The van der Waals surface area contributed by atoms with Crippen molar-refractivity contribution in [1.82, 2.24) is 30.6 Å². The number of rotatable bonds is 5. The molecule has 2 aromatic carbocycles. The van der Waals surface area contributed by atoms with E-state index in [1.807, 2.05) is 0 Å². The molecular formula is C23H19F3N6O2S. The van der Waals surface area contributed by atoms with Crippen molar-refractivity contribution in [2.45, 2.75) is 29.9 Å². The molecule has 3 heterocycles. The van der Waals surface area contributed by atoms with Gasteiger partial charge in [0.25, 0.3) is 11.8 Å². The summed E-state index contributed by atoms with van der Waals surface area (Å²) in [7, 11) is 0. The second-order valence-electron chi connectivity index (χ2n) is 8.06. The van der Waals surface area contributed by atoms with E-state index in [-0.39, 0.29) is 35.0 Å². The van der Waals surface area contributed by atoms with Crippen molar-refractivity contribution in [2.75, 3.05) is 6.54 Å². The van der Waals surface area contributed by atoms with Gasteiger partial charge in [-0.1, -0.05) is 17.3 Å². The molecule has 0 bridgehead atoms. The number of nitrogens with one attached hydrogen (secondary N) is 3. The maximum Gasteiger partial charge on any atom is 0.446 e. The minimum atomic E-state index is -4.34. The predicted molar refractivity (Wildman–Crippen MR) is 123 cm³/mol. The van der Waals surface area contributed by atoms with Crippen LogP contribution < -0.4 is 5.32 Å². The Kier molecular flexibility index (Phi) is 5.97. The van der Waals surface area contributed by atoms with Gasteiger partial charge in [0.2, 0.25) is 0 Å². The van der Waals surface area contributed by atoms with Crippen LogP contribution in [0.4, 0.5) is 13.2 Å². The number of halogens is 3. The van der Waals surface area contributed by atoms with Crippen LogP contribution in [0.3, 0.4) is 0 Å². The number of aromatic nitrogens is 4. The first kappa shape index (κ1) is 23.0. The van der Waals surface area contributed by atoms with Crippen LogP contribution >= 0.6 is 11.8 Å². The number of nitrogens with zero attached hydrogens (tertiary/aromatic N) is 3. The number of hydrogen-bond donors (Lipinski definition) is 3. The van der Waals surface area contributed by atoms with Gasteiger partial charge in [-0.25, -0.2) is 0 Å². The third-order valence-corrected chi connectivity index (χ3v) is 6.51. The lowest BCUT2D eigenvalue weighted by molar-refractivity contribution is -0.0328. The Labute approximate surface area is 201 Å². The van der Waals surface area contributed by atoms with Crippen LogP contribution in [0, 0.1) is 0 Å². The second kappa shape index (κ2) is 9.10. The molecule has 0 spiro atoms. The number of fused-ring (bicyclic) bond motifs is 2. The molecule has 0 unspecified atom stereocenters. The summed E-state index contributed by atoms with van der Waals surface area (Å²) in [6.45, 7) is 1.00. The van der Waals surface area contributed by atoms with Gasteiger partial charge in [-0.15, -0.1) is 5.10 Å². The number of benzene rings is 2. The molecule has 180 valence electrons. The van der Waals surface area contributed by atoms with Crippen LogP contribution in [0.15, 0.2) is 53.6 Å². The highest BCUT2D eigenvalue weighted by Gasteiger charge is 2.29. The highest BCUT2D eigenvalue weighted by atomic mass is 32.2. The molecule has 12 heteroatoms. The van der Waals surface area contributed by atoms with E-state index in [2.05, 4.69) is 25.7 Å². The number of carbonyl (C=O) groups is 2. The third-order valence-electron chi connectivity index (χ3n) is 5.77. The Hall–Kier alpha value is -3.80. The lowest BCUT2D eigenvalue weighted by Crippen LogP contribution is -2.36. The van der Waals surface area contributed by atoms with Gasteiger partial charge in [-0.3, -0.25) is 14.7 Å². The molecule has 8 nitrogen and oxygen atoms in total. The summed E-state index contributed by atoms with van der Waals surface area (Å²) in [5, 5.41) is 13.2. The summed E-state index contributed by atoms with van der Waals surface area (Å²) < 4.78 is 37.4. The summed E-state index contributed by atoms with van der Waals surface area (Å²) in [5.74, 6) is -0.434. The molecule has 2 aromatic heterocycles. The minimum absolute atomic E-state index is 0.0889. The maximum absolute atomic E-state index is 13.0. The second-order valence-corrected chi connectivity index (χ2v) is 9.20. The SMILES string of the molecule is O=C(NCc1ccc(SC(F)(F)F)cc1)c1[nH]cc2c1CCN(C(=O)c1ccc3[nH]nnc3c1)C2. The molecular weight excluding hydrogens is 481 g/mol. The molecule has 1 aliphatic heterocycles. The lowest BCUT2D eigenvalue weighted by Gasteiger charge is -2.27. The molecule has 0 saturated carbocycles. The highest BCUT2D eigenvalue weighted by molar-refractivity contribution is 8.00. The predicted octanol–water partition coefficient (Wildman–Crippen LogP) is 4.03. The number of alkyl halides is 3. The topological polar surface area (TPSA) is 107 Å². The van der Waals surface area contributed by atoms with Crippen molar-refractivity contribution in [2.24, 2.45) is 0 Å². The number of hydrogen-bond acceptors (Lipinski definition) is 5. The van der Waals surface area contributed by atoms with E-state index < -0.39 is 5.51 Å². The van der Waals surface area contributed by atoms with Crippen LogP contribution in [-0.4, -0.2) is 49.2 Å². The third kappa shape index (κ3) is 5.02. The fraction of sp³-hybridized carbons (Fsp3) is 0.217. The number of thioether (sulfide) groups is 1. The zero-order valence-corrected chi connectivity index (χ0v) is 19.0. The van der Waals surface area contributed by atoms with Gasteiger partial charge < -0.3 is 15.2 Å². The van der Waals surface area contributed by atoms with E-state index in [9.17, 15) is 22.8 Å². The molecule has 35 heavy (non-hydrogen) atoms. The number of amides is 2. The average molecular weight is 501 g/mol. The summed E-state index contributed by atoms with van der Waals surface area (Å²) in [6.07, 6.45) is 2.25. The van der Waals surface area contributed by atoms with E-state index in [0.29, 0.717) is 41.8 Å². The molecule has 4 aromatic rings. The van der Waals surface area contributed by atoms with E-state index in [1.54, 1.807) is 41.4 Å². The Balaban J connectivity index is 1.21. The fourth-order valence-electron chi connectivity index (χ4n) is 4.07. The van der Waals surface area contributed by atoms with Crippen LogP contribution in [0.5, 0.6) is 0 Å². The van der Waals surface area contributed by atoms with Gasteiger partial charge in [0, 0.05) is 36.3 Å².